The first-order valence-electron chi connectivity index (χ1n) is 9.48. The Morgan fingerprint density at radius 3 is 2.96 bits per heavy atom. The van der Waals surface area contributed by atoms with Crippen LogP contribution in [0, 0.1) is 0 Å². The standard InChI is InChI=1S/C20H25N7/c1-2-11-23-20-25-16-8-3-4-9-17(16)27(20)18-10-13-22-19(26-18)24-14-15-7-5-6-12-21-15/h2-4,8-10,13,15,21H,1,5-7,11-12,14H2,(H,23,25)(H,22,24,26). The fourth-order valence-corrected chi connectivity index (χ4v) is 3.41. The number of aromatic nitrogens is 4. The van der Waals surface area contributed by atoms with Crippen molar-refractivity contribution in [1.82, 2.24) is 24.8 Å². The summed E-state index contributed by atoms with van der Waals surface area (Å²) in [4.78, 5) is 13.8. The van der Waals surface area contributed by atoms with E-state index in [0.717, 1.165) is 35.9 Å². The Balaban J connectivity index is 1.61. The number of anilines is 2. The monoisotopic (exact) mass is 363 g/mol. The van der Waals surface area contributed by atoms with E-state index in [2.05, 4.69) is 32.5 Å². The molecule has 3 heterocycles. The van der Waals surface area contributed by atoms with Gasteiger partial charge in [-0.2, -0.15) is 4.98 Å². The third-order valence-electron chi connectivity index (χ3n) is 4.75. The third-order valence-corrected chi connectivity index (χ3v) is 4.75. The molecule has 7 nitrogen and oxygen atoms in total. The molecule has 7 heteroatoms. The molecule has 1 saturated heterocycles. The summed E-state index contributed by atoms with van der Waals surface area (Å²) in [5, 5.41) is 10.2. The average Bonchev–Trinajstić information content (AvgIpc) is 3.10. The molecular formula is C20H25N7. The normalized spacial score (nSPS) is 17.0. The van der Waals surface area contributed by atoms with Gasteiger partial charge >= 0.3 is 0 Å². The van der Waals surface area contributed by atoms with Crippen LogP contribution in [0.5, 0.6) is 0 Å². The predicted octanol–water partition coefficient (Wildman–Crippen LogP) is 2.97. The Bertz CT molecular complexity index is 912. The summed E-state index contributed by atoms with van der Waals surface area (Å²) in [6, 6.07) is 10.4. The number of fused-ring (bicyclic) bond motifs is 1. The van der Waals surface area contributed by atoms with Gasteiger partial charge in [0.15, 0.2) is 0 Å². The van der Waals surface area contributed by atoms with Gasteiger partial charge < -0.3 is 16.0 Å². The van der Waals surface area contributed by atoms with Crippen molar-refractivity contribution in [1.29, 1.82) is 0 Å². The van der Waals surface area contributed by atoms with E-state index in [1.54, 1.807) is 6.20 Å². The summed E-state index contributed by atoms with van der Waals surface area (Å²) < 4.78 is 2.02. The molecule has 2 aromatic heterocycles. The van der Waals surface area contributed by atoms with Crippen LogP contribution in [-0.4, -0.2) is 45.2 Å². The van der Waals surface area contributed by atoms with Gasteiger partial charge in [0.2, 0.25) is 11.9 Å². The molecule has 140 valence electrons. The van der Waals surface area contributed by atoms with E-state index in [9.17, 15) is 0 Å². The molecule has 0 bridgehead atoms. The van der Waals surface area contributed by atoms with Gasteiger partial charge in [-0.3, -0.25) is 4.57 Å². The van der Waals surface area contributed by atoms with Gasteiger partial charge in [-0.25, -0.2) is 9.97 Å². The second kappa shape index (κ2) is 8.18. The summed E-state index contributed by atoms with van der Waals surface area (Å²) in [7, 11) is 0. The van der Waals surface area contributed by atoms with Crippen LogP contribution in [0.15, 0.2) is 49.2 Å². The zero-order valence-corrected chi connectivity index (χ0v) is 15.4. The third kappa shape index (κ3) is 3.93. The van der Waals surface area contributed by atoms with Crippen LogP contribution in [0.1, 0.15) is 19.3 Å². The van der Waals surface area contributed by atoms with Crippen LogP contribution in [0.4, 0.5) is 11.9 Å². The van der Waals surface area contributed by atoms with E-state index in [4.69, 9.17) is 4.98 Å². The largest absolute Gasteiger partial charge is 0.353 e. The van der Waals surface area contributed by atoms with E-state index < -0.39 is 0 Å². The van der Waals surface area contributed by atoms with Crippen LogP contribution in [-0.2, 0) is 0 Å². The van der Waals surface area contributed by atoms with Crippen LogP contribution in [0.2, 0.25) is 0 Å². The minimum Gasteiger partial charge on any atom is -0.353 e. The smallest absolute Gasteiger partial charge is 0.224 e. The number of rotatable bonds is 7. The molecule has 1 aliphatic heterocycles. The summed E-state index contributed by atoms with van der Waals surface area (Å²) in [5.41, 5.74) is 1.92. The number of imidazole rings is 1. The molecule has 1 unspecified atom stereocenters. The number of para-hydroxylation sites is 2. The molecule has 1 aromatic carbocycles. The minimum atomic E-state index is 0.477. The molecule has 3 aromatic rings. The summed E-state index contributed by atoms with van der Waals surface area (Å²) in [6.07, 6.45) is 7.32. The molecule has 1 fully saturated rings. The van der Waals surface area contributed by atoms with Gasteiger partial charge in [-0.15, -0.1) is 6.58 Å². The van der Waals surface area contributed by atoms with Crippen molar-refractivity contribution in [3.8, 4) is 5.82 Å². The molecule has 0 amide bonds. The highest BCUT2D eigenvalue weighted by atomic mass is 15.3. The minimum absolute atomic E-state index is 0.477. The first-order chi connectivity index (χ1) is 13.3. The van der Waals surface area contributed by atoms with Crippen LogP contribution in [0.25, 0.3) is 16.9 Å². The summed E-state index contributed by atoms with van der Waals surface area (Å²) in [6.45, 7) is 6.32. The van der Waals surface area contributed by atoms with E-state index in [1.807, 2.05) is 41.0 Å². The second-order valence-electron chi connectivity index (χ2n) is 6.70. The van der Waals surface area contributed by atoms with E-state index in [1.165, 1.54) is 19.3 Å². The van der Waals surface area contributed by atoms with Gasteiger partial charge in [0, 0.05) is 31.4 Å². The van der Waals surface area contributed by atoms with Crippen LogP contribution in [0.3, 0.4) is 0 Å². The quantitative estimate of drug-likeness (QED) is 0.560. The molecule has 3 N–H and O–H groups in total. The number of benzene rings is 1. The molecule has 1 atom stereocenters. The van der Waals surface area contributed by atoms with E-state index in [0.29, 0.717) is 18.5 Å². The maximum atomic E-state index is 4.73. The number of hydrogen-bond acceptors (Lipinski definition) is 6. The van der Waals surface area contributed by atoms with Gasteiger partial charge in [0.05, 0.1) is 11.0 Å². The molecule has 4 rings (SSSR count). The predicted molar refractivity (Wildman–Crippen MR) is 109 cm³/mol. The lowest BCUT2D eigenvalue weighted by molar-refractivity contribution is 0.413. The van der Waals surface area contributed by atoms with Crippen LogP contribution >= 0.6 is 0 Å². The highest BCUT2D eigenvalue weighted by Gasteiger charge is 2.15. The molecule has 1 aliphatic rings. The lowest BCUT2D eigenvalue weighted by atomic mass is 10.1. The number of hydrogen-bond donors (Lipinski definition) is 3. The molecule has 0 radical (unpaired) electrons. The molecule has 0 spiro atoms. The van der Waals surface area contributed by atoms with E-state index >= 15 is 0 Å². The molecule has 0 aliphatic carbocycles. The number of nitrogens with zero attached hydrogens (tertiary/aromatic N) is 4. The lowest BCUT2D eigenvalue weighted by Crippen LogP contribution is -2.39. The lowest BCUT2D eigenvalue weighted by Gasteiger charge is -2.23. The maximum Gasteiger partial charge on any atom is 0.224 e. The molecule has 0 saturated carbocycles. The topological polar surface area (TPSA) is 79.7 Å². The summed E-state index contributed by atoms with van der Waals surface area (Å²) in [5.74, 6) is 2.16. The average molecular weight is 363 g/mol. The van der Waals surface area contributed by atoms with Gasteiger partial charge in [0.1, 0.15) is 5.82 Å². The zero-order chi connectivity index (χ0) is 18.5. The first-order valence-corrected chi connectivity index (χ1v) is 9.48. The van der Waals surface area contributed by atoms with Crippen molar-refractivity contribution < 1.29 is 0 Å². The second-order valence-corrected chi connectivity index (χ2v) is 6.70. The van der Waals surface area contributed by atoms with E-state index in [-0.39, 0.29) is 0 Å². The van der Waals surface area contributed by atoms with Gasteiger partial charge in [-0.05, 0) is 31.5 Å². The Morgan fingerprint density at radius 1 is 1.19 bits per heavy atom. The van der Waals surface area contributed by atoms with Crippen LogP contribution < -0.4 is 16.0 Å². The van der Waals surface area contributed by atoms with Crippen molar-refractivity contribution in [2.45, 2.75) is 25.3 Å². The molecular weight excluding hydrogens is 338 g/mol. The van der Waals surface area contributed by atoms with Crippen molar-refractivity contribution in [2.24, 2.45) is 0 Å². The van der Waals surface area contributed by atoms with Crippen molar-refractivity contribution >= 4 is 22.9 Å². The van der Waals surface area contributed by atoms with Gasteiger partial charge in [-0.1, -0.05) is 24.6 Å². The highest BCUT2D eigenvalue weighted by molar-refractivity contribution is 5.80. The highest BCUT2D eigenvalue weighted by Crippen LogP contribution is 2.23. The summed E-state index contributed by atoms with van der Waals surface area (Å²) >= 11 is 0. The van der Waals surface area contributed by atoms with Gasteiger partial charge in [0.25, 0.3) is 0 Å². The Morgan fingerprint density at radius 2 is 2.11 bits per heavy atom. The Kier molecular flexibility index (Phi) is 5.29. The number of nitrogens with one attached hydrogen (secondary N) is 3. The molecule has 27 heavy (non-hydrogen) atoms. The van der Waals surface area contributed by atoms with Crippen molar-refractivity contribution in [2.75, 3.05) is 30.3 Å². The SMILES string of the molecule is C=CCNc1nc2ccccc2n1-c1ccnc(NCC2CCCCN2)n1. The van der Waals surface area contributed by atoms with Crippen molar-refractivity contribution in [3.05, 3.63) is 49.2 Å². The van der Waals surface area contributed by atoms with Crippen molar-refractivity contribution in [3.63, 3.8) is 0 Å². The fourth-order valence-electron chi connectivity index (χ4n) is 3.41. The first kappa shape index (κ1) is 17.5. The Hall–Kier alpha value is -2.93. The maximum absolute atomic E-state index is 4.73. The Labute approximate surface area is 158 Å². The number of piperidine rings is 1. The fraction of sp³-hybridized carbons (Fsp3) is 0.350. The zero-order valence-electron chi connectivity index (χ0n) is 15.4.